The van der Waals surface area contributed by atoms with Crippen molar-refractivity contribution in [1.29, 1.82) is 0 Å². The zero-order chi connectivity index (χ0) is 13.0. The molecule has 0 bridgehead atoms. The van der Waals surface area contributed by atoms with Gasteiger partial charge in [0.05, 0.1) is 10.8 Å². The van der Waals surface area contributed by atoms with Gasteiger partial charge in [0.15, 0.2) is 0 Å². The molecule has 1 aromatic rings. The first kappa shape index (κ1) is 13.0. The zero-order valence-electron chi connectivity index (χ0n) is 9.54. The number of hydrogen-bond donors (Lipinski definition) is 1. The third-order valence-electron chi connectivity index (χ3n) is 2.29. The van der Waals surface area contributed by atoms with Gasteiger partial charge in [0.25, 0.3) is 5.69 Å². The van der Waals surface area contributed by atoms with Gasteiger partial charge in [-0.25, -0.2) is 0 Å². The molecule has 1 unspecified atom stereocenters. The Morgan fingerprint density at radius 2 is 2.24 bits per heavy atom. The minimum atomic E-state index is -0.941. The number of nitro benzene ring substituents is 1. The Morgan fingerprint density at radius 3 is 2.71 bits per heavy atom. The van der Waals surface area contributed by atoms with Gasteiger partial charge in [-0.2, -0.15) is 0 Å². The van der Waals surface area contributed by atoms with Gasteiger partial charge in [-0.15, -0.1) is 0 Å². The molecule has 17 heavy (non-hydrogen) atoms. The minimum Gasteiger partial charge on any atom is -0.493 e. The van der Waals surface area contributed by atoms with Gasteiger partial charge < -0.3 is 9.84 Å². The number of nitro groups is 1. The van der Waals surface area contributed by atoms with Gasteiger partial charge in [-0.1, -0.05) is 0 Å². The van der Waals surface area contributed by atoms with E-state index < -0.39 is 16.8 Å². The number of rotatable bonds is 5. The van der Waals surface area contributed by atoms with E-state index in [0.717, 1.165) is 0 Å². The lowest BCUT2D eigenvalue weighted by Gasteiger charge is -2.09. The summed E-state index contributed by atoms with van der Waals surface area (Å²) in [7, 11) is 0. The molecule has 0 radical (unpaired) electrons. The highest BCUT2D eigenvalue weighted by Gasteiger charge is 2.13. The van der Waals surface area contributed by atoms with Crippen LogP contribution in [0.25, 0.3) is 0 Å². The fourth-order valence-electron chi connectivity index (χ4n) is 1.22. The maximum atomic E-state index is 10.6. The van der Waals surface area contributed by atoms with E-state index in [9.17, 15) is 14.9 Å². The van der Waals surface area contributed by atoms with E-state index in [0.29, 0.717) is 11.3 Å². The highest BCUT2D eigenvalue weighted by Crippen LogP contribution is 2.23. The van der Waals surface area contributed by atoms with Crippen LogP contribution in [0.5, 0.6) is 5.75 Å². The SMILES string of the molecule is Cc1cc(OCC(C)C(=O)O)ccc1[N+](=O)[O-]. The predicted molar refractivity (Wildman–Crippen MR) is 60.1 cm³/mol. The van der Waals surface area contributed by atoms with E-state index in [1.54, 1.807) is 6.92 Å². The lowest BCUT2D eigenvalue weighted by atomic mass is 10.2. The van der Waals surface area contributed by atoms with Gasteiger partial charge in [0, 0.05) is 11.6 Å². The largest absolute Gasteiger partial charge is 0.493 e. The van der Waals surface area contributed by atoms with Crippen LogP contribution in [0.4, 0.5) is 5.69 Å². The summed E-state index contributed by atoms with van der Waals surface area (Å²) in [6.45, 7) is 3.17. The molecule has 1 N–H and O–H groups in total. The summed E-state index contributed by atoms with van der Waals surface area (Å²) < 4.78 is 5.24. The minimum absolute atomic E-state index is 0.0173. The lowest BCUT2D eigenvalue weighted by Crippen LogP contribution is -2.17. The monoisotopic (exact) mass is 239 g/mol. The van der Waals surface area contributed by atoms with Gasteiger partial charge in [0.2, 0.25) is 0 Å². The van der Waals surface area contributed by atoms with E-state index in [1.165, 1.54) is 25.1 Å². The normalized spacial score (nSPS) is 11.9. The first-order chi connectivity index (χ1) is 7.91. The lowest BCUT2D eigenvalue weighted by molar-refractivity contribution is -0.385. The molecule has 0 saturated carbocycles. The Hall–Kier alpha value is -2.11. The molecule has 6 heteroatoms. The molecule has 92 valence electrons. The summed E-state index contributed by atoms with van der Waals surface area (Å²) in [5, 5.41) is 19.2. The van der Waals surface area contributed by atoms with Crippen LogP contribution in [0.15, 0.2) is 18.2 Å². The van der Waals surface area contributed by atoms with E-state index >= 15 is 0 Å². The molecule has 0 fully saturated rings. The van der Waals surface area contributed by atoms with Crippen molar-refractivity contribution < 1.29 is 19.6 Å². The molecule has 0 aliphatic heterocycles. The van der Waals surface area contributed by atoms with Gasteiger partial charge in [-0.3, -0.25) is 14.9 Å². The van der Waals surface area contributed by atoms with Gasteiger partial charge in [0.1, 0.15) is 12.4 Å². The number of carboxylic acids is 1. The van der Waals surface area contributed by atoms with Crippen LogP contribution in [0.1, 0.15) is 12.5 Å². The van der Waals surface area contributed by atoms with Crippen LogP contribution in [0.3, 0.4) is 0 Å². The van der Waals surface area contributed by atoms with Crippen LogP contribution in [0.2, 0.25) is 0 Å². The summed E-state index contributed by atoms with van der Waals surface area (Å²) in [4.78, 5) is 20.7. The predicted octanol–water partition coefficient (Wildman–Crippen LogP) is 2.00. The van der Waals surface area contributed by atoms with E-state index in [-0.39, 0.29) is 12.3 Å². The number of carbonyl (C=O) groups is 1. The van der Waals surface area contributed by atoms with Crippen LogP contribution >= 0.6 is 0 Å². The Bertz CT molecular complexity index is 443. The Morgan fingerprint density at radius 1 is 1.59 bits per heavy atom. The van der Waals surface area contributed by atoms with Crippen molar-refractivity contribution in [2.75, 3.05) is 6.61 Å². The van der Waals surface area contributed by atoms with Crippen LogP contribution < -0.4 is 4.74 Å². The number of aryl methyl sites for hydroxylation is 1. The smallest absolute Gasteiger partial charge is 0.309 e. The van der Waals surface area contributed by atoms with Crippen molar-refractivity contribution in [2.45, 2.75) is 13.8 Å². The maximum Gasteiger partial charge on any atom is 0.309 e. The average Bonchev–Trinajstić information content (AvgIpc) is 2.25. The van der Waals surface area contributed by atoms with Crippen LogP contribution in [-0.4, -0.2) is 22.6 Å². The highest BCUT2D eigenvalue weighted by atomic mass is 16.6. The van der Waals surface area contributed by atoms with Crippen molar-refractivity contribution >= 4 is 11.7 Å². The van der Waals surface area contributed by atoms with E-state index in [4.69, 9.17) is 9.84 Å². The van der Waals surface area contributed by atoms with Crippen molar-refractivity contribution in [3.63, 3.8) is 0 Å². The summed E-state index contributed by atoms with van der Waals surface area (Å²) in [6, 6.07) is 4.32. The number of nitrogens with zero attached hydrogens (tertiary/aromatic N) is 1. The van der Waals surface area contributed by atoms with Crippen molar-refractivity contribution in [3.8, 4) is 5.75 Å². The quantitative estimate of drug-likeness (QED) is 0.627. The summed E-state index contributed by atoms with van der Waals surface area (Å²) in [6.07, 6.45) is 0. The first-order valence-corrected chi connectivity index (χ1v) is 5.02. The molecule has 0 aliphatic rings. The fraction of sp³-hybridized carbons (Fsp3) is 0.364. The second kappa shape index (κ2) is 5.29. The fourth-order valence-corrected chi connectivity index (χ4v) is 1.22. The van der Waals surface area contributed by atoms with E-state index in [2.05, 4.69) is 0 Å². The summed E-state index contributed by atoms with van der Waals surface area (Å²) in [5.74, 6) is -1.13. The highest BCUT2D eigenvalue weighted by molar-refractivity contribution is 5.69. The molecule has 1 atom stereocenters. The van der Waals surface area contributed by atoms with E-state index in [1.807, 2.05) is 0 Å². The molecule has 0 amide bonds. The van der Waals surface area contributed by atoms with Gasteiger partial charge >= 0.3 is 5.97 Å². The zero-order valence-corrected chi connectivity index (χ0v) is 9.54. The maximum absolute atomic E-state index is 10.6. The number of hydrogen-bond acceptors (Lipinski definition) is 4. The molecule has 0 aliphatic carbocycles. The van der Waals surface area contributed by atoms with Crippen molar-refractivity contribution in [3.05, 3.63) is 33.9 Å². The Balaban J connectivity index is 2.71. The number of aliphatic carboxylic acids is 1. The number of benzene rings is 1. The number of carboxylic acid groups (broad SMARTS) is 1. The van der Waals surface area contributed by atoms with Crippen molar-refractivity contribution in [1.82, 2.24) is 0 Å². The first-order valence-electron chi connectivity index (χ1n) is 5.02. The molecular formula is C11H13NO5. The Labute approximate surface area is 98.0 Å². The standard InChI is InChI=1S/C11H13NO5/c1-7-5-9(3-4-10(7)12(15)16)17-6-8(2)11(13)14/h3-5,8H,6H2,1-2H3,(H,13,14). The molecule has 0 heterocycles. The average molecular weight is 239 g/mol. The topological polar surface area (TPSA) is 89.7 Å². The third-order valence-corrected chi connectivity index (χ3v) is 2.29. The van der Waals surface area contributed by atoms with Crippen molar-refractivity contribution in [2.24, 2.45) is 5.92 Å². The van der Waals surface area contributed by atoms with Crippen LogP contribution in [0, 0.1) is 23.0 Å². The molecular weight excluding hydrogens is 226 g/mol. The van der Waals surface area contributed by atoms with Crippen LogP contribution in [-0.2, 0) is 4.79 Å². The molecule has 0 spiro atoms. The molecule has 1 rings (SSSR count). The van der Waals surface area contributed by atoms with Gasteiger partial charge in [-0.05, 0) is 26.0 Å². The Kier molecular flexibility index (Phi) is 4.03. The second-order valence-electron chi connectivity index (χ2n) is 3.76. The molecule has 1 aromatic carbocycles. The second-order valence-corrected chi connectivity index (χ2v) is 3.76. The third kappa shape index (κ3) is 3.44. The number of ether oxygens (including phenoxy) is 1. The molecule has 0 saturated heterocycles. The summed E-state index contributed by atoms with van der Waals surface area (Å²) in [5.41, 5.74) is 0.499. The summed E-state index contributed by atoms with van der Waals surface area (Å²) >= 11 is 0. The molecule has 0 aromatic heterocycles. The molecule has 6 nitrogen and oxygen atoms in total.